The SMILES string of the molecule is CCCCC/C(=C/C(=O)OCC)c1cc(C(=O)OCC)c(CC)o1. The molecule has 0 atom stereocenters. The van der Waals surface area contributed by atoms with E-state index in [-0.39, 0.29) is 0 Å². The molecule has 0 aromatic carbocycles. The van der Waals surface area contributed by atoms with Crippen molar-refractivity contribution < 1.29 is 23.5 Å². The zero-order valence-electron chi connectivity index (χ0n) is 15.1. The van der Waals surface area contributed by atoms with Gasteiger partial charge in [-0.05, 0) is 32.8 Å². The van der Waals surface area contributed by atoms with E-state index in [9.17, 15) is 9.59 Å². The Hall–Kier alpha value is -2.04. The molecule has 5 heteroatoms. The number of rotatable bonds is 10. The monoisotopic (exact) mass is 336 g/mol. The van der Waals surface area contributed by atoms with Gasteiger partial charge in [0.15, 0.2) is 0 Å². The Balaban J connectivity index is 3.12. The summed E-state index contributed by atoms with van der Waals surface area (Å²) < 4.78 is 15.9. The lowest BCUT2D eigenvalue weighted by Gasteiger charge is -2.05. The van der Waals surface area contributed by atoms with Gasteiger partial charge >= 0.3 is 11.9 Å². The first-order valence-corrected chi connectivity index (χ1v) is 8.74. The van der Waals surface area contributed by atoms with Crippen LogP contribution in [0, 0.1) is 0 Å². The largest absolute Gasteiger partial charge is 0.463 e. The van der Waals surface area contributed by atoms with Crippen molar-refractivity contribution in [2.75, 3.05) is 13.2 Å². The Labute approximate surface area is 144 Å². The van der Waals surface area contributed by atoms with Crippen molar-refractivity contribution in [3.05, 3.63) is 29.2 Å². The van der Waals surface area contributed by atoms with Crippen molar-refractivity contribution in [1.82, 2.24) is 0 Å². The standard InChI is InChI=1S/C19H28O5/c1-5-9-10-11-14(12-18(20)22-7-3)17-13-15(16(6-2)24-17)19(21)23-8-4/h12-13H,5-11H2,1-4H3/b14-12-. The molecule has 0 spiro atoms. The van der Waals surface area contributed by atoms with Crippen molar-refractivity contribution in [2.24, 2.45) is 0 Å². The van der Waals surface area contributed by atoms with Gasteiger partial charge in [-0.15, -0.1) is 0 Å². The highest BCUT2D eigenvalue weighted by Crippen LogP contribution is 2.27. The van der Waals surface area contributed by atoms with Crippen LogP contribution in [-0.2, 0) is 20.7 Å². The molecule has 0 saturated carbocycles. The minimum atomic E-state index is -0.395. The first-order chi connectivity index (χ1) is 11.6. The van der Waals surface area contributed by atoms with Crippen LogP contribution in [0.3, 0.4) is 0 Å². The molecule has 0 saturated heterocycles. The summed E-state index contributed by atoms with van der Waals surface area (Å²) in [6, 6.07) is 1.67. The summed E-state index contributed by atoms with van der Waals surface area (Å²) in [7, 11) is 0. The number of allylic oxidation sites excluding steroid dienone is 1. The Morgan fingerprint density at radius 3 is 2.38 bits per heavy atom. The lowest BCUT2D eigenvalue weighted by atomic mass is 10.0. The zero-order valence-corrected chi connectivity index (χ0v) is 15.1. The van der Waals surface area contributed by atoms with Crippen LogP contribution in [0.2, 0.25) is 0 Å². The first kappa shape index (κ1) is 20.0. The van der Waals surface area contributed by atoms with Gasteiger partial charge in [0.2, 0.25) is 0 Å². The average molecular weight is 336 g/mol. The number of esters is 2. The van der Waals surface area contributed by atoms with Crippen molar-refractivity contribution in [1.29, 1.82) is 0 Å². The molecule has 1 aromatic heterocycles. The van der Waals surface area contributed by atoms with Crippen molar-refractivity contribution in [2.45, 2.75) is 59.8 Å². The van der Waals surface area contributed by atoms with E-state index in [2.05, 4.69) is 6.92 Å². The average Bonchev–Trinajstić information content (AvgIpc) is 2.99. The third-order valence-electron chi connectivity index (χ3n) is 3.57. The summed E-state index contributed by atoms with van der Waals surface area (Å²) in [5.41, 5.74) is 1.19. The van der Waals surface area contributed by atoms with E-state index in [1.807, 2.05) is 6.92 Å². The third-order valence-corrected chi connectivity index (χ3v) is 3.57. The number of furan rings is 1. The zero-order chi connectivity index (χ0) is 17.9. The Kier molecular flexibility index (Phi) is 8.90. The van der Waals surface area contributed by atoms with E-state index in [1.165, 1.54) is 6.08 Å². The Morgan fingerprint density at radius 2 is 1.79 bits per heavy atom. The minimum absolute atomic E-state index is 0.310. The molecule has 24 heavy (non-hydrogen) atoms. The predicted molar refractivity (Wildman–Crippen MR) is 92.8 cm³/mol. The molecule has 0 radical (unpaired) electrons. The normalized spacial score (nSPS) is 11.4. The molecular formula is C19H28O5. The van der Waals surface area contributed by atoms with E-state index in [1.54, 1.807) is 19.9 Å². The molecule has 0 fully saturated rings. The van der Waals surface area contributed by atoms with Gasteiger partial charge in [0.05, 0.1) is 13.2 Å². The van der Waals surface area contributed by atoms with Crippen LogP contribution in [-0.4, -0.2) is 25.2 Å². The van der Waals surface area contributed by atoms with E-state index in [4.69, 9.17) is 13.9 Å². The Morgan fingerprint density at radius 1 is 1.08 bits per heavy atom. The molecule has 5 nitrogen and oxygen atoms in total. The maximum Gasteiger partial charge on any atom is 0.341 e. The Bertz CT molecular complexity index is 568. The van der Waals surface area contributed by atoms with E-state index in [0.717, 1.165) is 24.8 Å². The third kappa shape index (κ3) is 5.87. The van der Waals surface area contributed by atoms with Crippen LogP contribution >= 0.6 is 0 Å². The summed E-state index contributed by atoms with van der Waals surface area (Å²) in [4.78, 5) is 23.9. The molecule has 0 amide bonds. The lowest BCUT2D eigenvalue weighted by Crippen LogP contribution is -2.05. The van der Waals surface area contributed by atoms with Gasteiger partial charge in [0.1, 0.15) is 17.1 Å². The second kappa shape index (κ2) is 10.7. The molecule has 1 aromatic rings. The quantitative estimate of drug-likeness (QED) is 0.356. The van der Waals surface area contributed by atoms with Crippen molar-refractivity contribution >= 4 is 17.5 Å². The van der Waals surface area contributed by atoms with Crippen molar-refractivity contribution in [3.8, 4) is 0 Å². The maximum absolute atomic E-state index is 12.1. The summed E-state index contributed by atoms with van der Waals surface area (Å²) in [6.45, 7) is 8.20. The summed E-state index contributed by atoms with van der Waals surface area (Å²) >= 11 is 0. The van der Waals surface area contributed by atoms with Gasteiger partial charge in [-0.25, -0.2) is 9.59 Å². The molecule has 0 N–H and O–H groups in total. The van der Waals surface area contributed by atoms with Crippen LogP contribution in [0.1, 0.15) is 75.3 Å². The molecule has 0 aliphatic rings. The number of ether oxygens (including phenoxy) is 2. The van der Waals surface area contributed by atoms with E-state index in [0.29, 0.717) is 43.1 Å². The molecule has 134 valence electrons. The molecule has 0 aliphatic carbocycles. The summed E-state index contributed by atoms with van der Waals surface area (Å²) in [6.07, 6.45) is 5.83. The van der Waals surface area contributed by atoms with Gasteiger partial charge in [-0.3, -0.25) is 0 Å². The highest BCUT2D eigenvalue weighted by molar-refractivity contribution is 5.94. The lowest BCUT2D eigenvalue weighted by molar-refractivity contribution is -0.137. The number of carbonyl (C=O) groups is 2. The van der Waals surface area contributed by atoms with Gasteiger partial charge < -0.3 is 13.9 Å². The smallest absolute Gasteiger partial charge is 0.341 e. The second-order valence-corrected chi connectivity index (χ2v) is 5.40. The first-order valence-electron chi connectivity index (χ1n) is 8.74. The molecule has 1 heterocycles. The van der Waals surface area contributed by atoms with Crippen molar-refractivity contribution in [3.63, 3.8) is 0 Å². The number of unbranched alkanes of at least 4 members (excludes halogenated alkanes) is 2. The van der Waals surface area contributed by atoms with Crippen LogP contribution in [0.15, 0.2) is 16.6 Å². The molecule has 0 bridgehead atoms. The maximum atomic E-state index is 12.1. The van der Waals surface area contributed by atoms with Crippen LogP contribution in [0.5, 0.6) is 0 Å². The summed E-state index contributed by atoms with van der Waals surface area (Å²) in [5, 5.41) is 0. The van der Waals surface area contributed by atoms with E-state index < -0.39 is 11.9 Å². The minimum Gasteiger partial charge on any atom is -0.463 e. The summed E-state index contributed by atoms with van der Waals surface area (Å²) in [5.74, 6) is 0.331. The van der Waals surface area contributed by atoms with Gasteiger partial charge in [0, 0.05) is 18.1 Å². The predicted octanol–water partition coefficient (Wildman–Crippen LogP) is 4.55. The number of aryl methyl sites for hydroxylation is 1. The fourth-order valence-corrected chi connectivity index (χ4v) is 2.39. The van der Waals surface area contributed by atoms with Crippen LogP contribution in [0.25, 0.3) is 5.57 Å². The highest BCUT2D eigenvalue weighted by Gasteiger charge is 2.20. The van der Waals surface area contributed by atoms with Gasteiger partial charge in [-0.1, -0.05) is 26.7 Å². The second-order valence-electron chi connectivity index (χ2n) is 5.40. The van der Waals surface area contributed by atoms with Gasteiger partial charge in [0.25, 0.3) is 0 Å². The van der Waals surface area contributed by atoms with Gasteiger partial charge in [-0.2, -0.15) is 0 Å². The number of carbonyl (C=O) groups excluding carboxylic acids is 2. The fourth-order valence-electron chi connectivity index (χ4n) is 2.39. The number of hydrogen-bond acceptors (Lipinski definition) is 5. The molecule has 0 unspecified atom stereocenters. The molecule has 0 aliphatic heterocycles. The molecule has 1 rings (SSSR count). The fraction of sp³-hybridized carbons (Fsp3) is 0.579. The topological polar surface area (TPSA) is 65.7 Å². The van der Waals surface area contributed by atoms with E-state index >= 15 is 0 Å². The number of hydrogen-bond donors (Lipinski definition) is 0. The van der Waals surface area contributed by atoms with Crippen LogP contribution < -0.4 is 0 Å². The molecular weight excluding hydrogens is 308 g/mol. The highest BCUT2D eigenvalue weighted by atomic mass is 16.5. The van der Waals surface area contributed by atoms with Crippen LogP contribution in [0.4, 0.5) is 0 Å².